The molecule has 7 heteroatoms. The molecule has 2 aromatic rings. The third kappa shape index (κ3) is 8.04. The fourth-order valence-corrected chi connectivity index (χ4v) is 5.10. The highest BCUT2D eigenvalue weighted by Crippen LogP contribution is 2.41. The van der Waals surface area contributed by atoms with E-state index >= 15 is 0 Å². The fraction of sp³-hybridized carbons (Fsp3) is 0.533. The monoisotopic (exact) mass is 542 g/mol. The van der Waals surface area contributed by atoms with E-state index < -0.39 is 22.7 Å². The van der Waals surface area contributed by atoms with Gasteiger partial charge in [-0.05, 0) is 72.2 Å². The third-order valence-electron chi connectivity index (χ3n) is 7.55. The van der Waals surface area contributed by atoms with E-state index in [4.69, 9.17) is 18.3 Å². The molecule has 0 saturated carbocycles. The molecule has 0 aliphatic rings. The maximum Gasteiger partial charge on any atom is 0.250 e. The van der Waals surface area contributed by atoms with Crippen molar-refractivity contribution in [2.45, 2.75) is 90.3 Å². The van der Waals surface area contributed by atoms with E-state index in [0.29, 0.717) is 17.9 Å². The Bertz CT molecular complexity index is 1130. The SMILES string of the molecule is COc1cc(C#CC(O)Cc2ccc(O[Si](C)(C)C(C)(C)C)c(OC)c2)ccc1O[Si](C)(C)C(C)(C)C. The Morgan fingerprint density at radius 1 is 0.730 bits per heavy atom. The molecule has 0 saturated heterocycles. The van der Waals surface area contributed by atoms with Crippen LogP contribution in [0.1, 0.15) is 52.7 Å². The van der Waals surface area contributed by atoms with Gasteiger partial charge in [0.1, 0.15) is 17.6 Å². The second kappa shape index (κ2) is 11.5. The minimum Gasteiger partial charge on any atom is -0.541 e. The number of methoxy groups -OCH3 is 2. The Labute approximate surface area is 226 Å². The quantitative estimate of drug-likeness (QED) is 0.278. The number of benzene rings is 2. The normalized spacial score (nSPS) is 13.3. The molecule has 0 amide bonds. The molecule has 204 valence electrons. The molecule has 1 N–H and O–H groups in total. The van der Waals surface area contributed by atoms with Crippen LogP contribution in [0.15, 0.2) is 36.4 Å². The summed E-state index contributed by atoms with van der Waals surface area (Å²) in [6, 6.07) is 11.5. The molecule has 1 atom stereocenters. The molecule has 0 radical (unpaired) electrons. The lowest BCUT2D eigenvalue weighted by atomic mass is 10.1. The lowest BCUT2D eigenvalue weighted by Gasteiger charge is -2.36. The van der Waals surface area contributed by atoms with Gasteiger partial charge in [-0.25, -0.2) is 0 Å². The van der Waals surface area contributed by atoms with Gasteiger partial charge < -0.3 is 23.4 Å². The summed E-state index contributed by atoms with van der Waals surface area (Å²) in [4.78, 5) is 0. The zero-order valence-corrected chi connectivity index (χ0v) is 26.8. The van der Waals surface area contributed by atoms with Crippen LogP contribution in [0.2, 0.25) is 36.3 Å². The third-order valence-corrected chi connectivity index (χ3v) is 16.2. The molecule has 0 aliphatic carbocycles. The number of rotatable bonds is 8. The van der Waals surface area contributed by atoms with Crippen molar-refractivity contribution in [3.05, 3.63) is 47.5 Å². The predicted molar refractivity (Wildman–Crippen MR) is 158 cm³/mol. The molecule has 0 aliphatic heterocycles. The van der Waals surface area contributed by atoms with Crippen molar-refractivity contribution in [3.8, 4) is 34.8 Å². The van der Waals surface area contributed by atoms with Crippen molar-refractivity contribution >= 4 is 16.6 Å². The Kier molecular flexibility index (Phi) is 9.62. The van der Waals surface area contributed by atoms with E-state index in [0.717, 1.165) is 22.6 Å². The summed E-state index contributed by atoms with van der Waals surface area (Å²) in [7, 11) is -0.726. The summed E-state index contributed by atoms with van der Waals surface area (Å²) in [5.74, 6) is 8.81. The Morgan fingerprint density at radius 2 is 1.19 bits per heavy atom. The molecule has 1 unspecified atom stereocenters. The van der Waals surface area contributed by atoms with Crippen LogP contribution in [0.5, 0.6) is 23.0 Å². The summed E-state index contributed by atoms with van der Waals surface area (Å²) in [5, 5.41) is 10.8. The molecule has 2 rings (SSSR count). The molecule has 5 nitrogen and oxygen atoms in total. The number of hydrogen-bond acceptors (Lipinski definition) is 5. The lowest BCUT2D eigenvalue weighted by molar-refractivity contribution is 0.233. The smallest absolute Gasteiger partial charge is 0.250 e. The van der Waals surface area contributed by atoms with Crippen LogP contribution < -0.4 is 18.3 Å². The lowest BCUT2D eigenvalue weighted by Crippen LogP contribution is -2.43. The van der Waals surface area contributed by atoms with Crippen LogP contribution >= 0.6 is 0 Å². The highest BCUT2D eigenvalue weighted by atomic mass is 28.4. The topological polar surface area (TPSA) is 57.2 Å². The molecule has 0 spiro atoms. The van der Waals surface area contributed by atoms with Crippen molar-refractivity contribution < 1.29 is 23.4 Å². The maximum absolute atomic E-state index is 10.6. The number of aliphatic hydroxyl groups excluding tert-OH is 1. The van der Waals surface area contributed by atoms with Crippen molar-refractivity contribution in [1.29, 1.82) is 0 Å². The zero-order chi connectivity index (χ0) is 28.2. The molecule has 0 heterocycles. The minimum absolute atomic E-state index is 0.0817. The van der Waals surface area contributed by atoms with E-state index in [-0.39, 0.29) is 10.1 Å². The first-order chi connectivity index (χ1) is 16.9. The van der Waals surface area contributed by atoms with Crippen LogP contribution in [-0.4, -0.2) is 42.1 Å². The summed E-state index contributed by atoms with van der Waals surface area (Å²) < 4.78 is 24.0. The molecule has 0 aromatic heterocycles. The van der Waals surface area contributed by atoms with Crippen molar-refractivity contribution in [2.75, 3.05) is 14.2 Å². The summed E-state index contributed by atoms with van der Waals surface area (Å²) in [6.45, 7) is 22.1. The second-order valence-corrected chi connectivity index (χ2v) is 22.0. The Balaban J connectivity index is 2.17. The van der Waals surface area contributed by atoms with Gasteiger partial charge in [0, 0.05) is 12.0 Å². The van der Waals surface area contributed by atoms with E-state index in [2.05, 4.69) is 79.6 Å². The van der Waals surface area contributed by atoms with Crippen LogP contribution in [-0.2, 0) is 6.42 Å². The van der Waals surface area contributed by atoms with Crippen molar-refractivity contribution in [3.63, 3.8) is 0 Å². The predicted octanol–water partition coefficient (Wildman–Crippen LogP) is 7.43. The molecular weight excluding hydrogens is 496 g/mol. The van der Waals surface area contributed by atoms with Gasteiger partial charge in [0.05, 0.1) is 14.2 Å². The highest BCUT2D eigenvalue weighted by molar-refractivity contribution is 6.75. The van der Waals surface area contributed by atoms with Gasteiger partial charge in [-0.2, -0.15) is 0 Å². The van der Waals surface area contributed by atoms with E-state index in [1.807, 2.05) is 36.4 Å². The second-order valence-electron chi connectivity index (χ2n) is 12.6. The van der Waals surface area contributed by atoms with Gasteiger partial charge in [-0.15, -0.1) is 0 Å². The molecule has 2 aromatic carbocycles. The van der Waals surface area contributed by atoms with E-state index in [1.54, 1.807) is 14.2 Å². The first-order valence-corrected chi connectivity index (χ1v) is 18.6. The van der Waals surface area contributed by atoms with Crippen molar-refractivity contribution in [2.24, 2.45) is 0 Å². The first kappa shape index (κ1) is 30.8. The molecular formula is C30H46O5Si2. The maximum atomic E-state index is 10.6. The van der Waals surface area contributed by atoms with Gasteiger partial charge in [0.15, 0.2) is 11.5 Å². The van der Waals surface area contributed by atoms with Gasteiger partial charge >= 0.3 is 0 Å². The Hall–Kier alpha value is -2.41. The zero-order valence-electron chi connectivity index (χ0n) is 24.8. The highest BCUT2D eigenvalue weighted by Gasteiger charge is 2.40. The first-order valence-electron chi connectivity index (χ1n) is 12.8. The van der Waals surface area contributed by atoms with Crippen LogP contribution in [0.4, 0.5) is 0 Å². The molecule has 0 bridgehead atoms. The average molecular weight is 543 g/mol. The van der Waals surface area contributed by atoms with Gasteiger partial charge in [-0.1, -0.05) is 59.4 Å². The van der Waals surface area contributed by atoms with Gasteiger partial charge in [-0.3, -0.25) is 0 Å². The van der Waals surface area contributed by atoms with Gasteiger partial charge in [0.2, 0.25) is 0 Å². The number of ether oxygens (including phenoxy) is 2. The van der Waals surface area contributed by atoms with Crippen molar-refractivity contribution in [1.82, 2.24) is 0 Å². The number of hydrogen-bond donors (Lipinski definition) is 1. The van der Waals surface area contributed by atoms with Crippen LogP contribution in [0.3, 0.4) is 0 Å². The van der Waals surface area contributed by atoms with Crippen LogP contribution in [0.25, 0.3) is 0 Å². The molecule has 37 heavy (non-hydrogen) atoms. The molecule has 0 fully saturated rings. The summed E-state index contributed by atoms with van der Waals surface area (Å²) >= 11 is 0. The Morgan fingerprint density at radius 3 is 1.65 bits per heavy atom. The minimum atomic E-state index is -2.00. The standard InChI is InChI=1S/C30H46O5Si2/c1-29(2,3)36(9,10)34-25-17-14-22(20-27(25)32-7)13-16-24(31)19-23-15-18-26(28(21-23)33-8)35-37(11,12)30(4,5)6/h14-15,17-18,20-21,24,31H,19H2,1-12H3. The van der Waals surface area contributed by atoms with Crippen LogP contribution in [0, 0.1) is 11.8 Å². The van der Waals surface area contributed by atoms with Gasteiger partial charge in [0.25, 0.3) is 16.6 Å². The van der Waals surface area contributed by atoms with E-state index in [9.17, 15) is 5.11 Å². The fourth-order valence-electron chi connectivity index (χ4n) is 3.05. The number of aliphatic hydroxyl groups is 1. The summed E-state index contributed by atoms with van der Waals surface area (Å²) in [5.41, 5.74) is 1.69. The van der Waals surface area contributed by atoms with E-state index in [1.165, 1.54) is 0 Å². The largest absolute Gasteiger partial charge is 0.541 e. The summed E-state index contributed by atoms with van der Waals surface area (Å²) in [6.07, 6.45) is -0.445. The average Bonchev–Trinajstić information content (AvgIpc) is 2.77.